The van der Waals surface area contributed by atoms with E-state index in [1.807, 2.05) is 24.0 Å². The number of morpholine rings is 1. The summed E-state index contributed by atoms with van der Waals surface area (Å²) in [6.07, 6.45) is 0.532. The van der Waals surface area contributed by atoms with Crippen molar-refractivity contribution in [1.82, 2.24) is 4.90 Å². The van der Waals surface area contributed by atoms with E-state index in [0.717, 1.165) is 12.0 Å². The first-order chi connectivity index (χ1) is 10.5. The summed E-state index contributed by atoms with van der Waals surface area (Å²) in [6, 6.07) is 5.47. The van der Waals surface area contributed by atoms with E-state index in [9.17, 15) is 9.90 Å². The minimum absolute atomic E-state index is 0.0291. The fourth-order valence-corrected chi connectivity index (χ4v) is 3.61. The molecule has 4 nitrogen and oxygen atoms in total. The van der Waals surface area contributed by atoms with Crippen molar-refractivity contribution >= 4 is 29.1 Å². The lowest BCUT2D eigenvalue weighted by atomic mass is 10.1. The van der Waals surface area contributed by atoms with Crippen LogP contribution in [-0.2, 0) is 9.53 Å². The normalized spacial score (nSPS) is 31.2. The van der Waals surface area contributed by atoms with Crippen molar-refractivity contribution in [2.75, 3.05) is 19.8 Å². The van der Waals surface area contributed by atoms with Crippen LogP contribution in [0.2, 0.25) is 10.0 Å². The second kappa shape index (κ2) is 6.36. The molecule has 1 aromatic carbocycles. The van der Waals surface area contributed by atoms with Crippen molar-refractivity contribution in [3.8, 4) is 0 Å². The molecule has 22 heavy (non-hydrogen) atoms. The number of hydrogen-bond acceptors (Lipinski definition) is 3. The molecule has 0 aromatic heterocycles. The molecule has 1 aromatic rings. The highest BCUT2D eigenvalue weighted by molar-refractivity contribution is 6.35. The van der Waals surface area contributed by atoms with Crippen LogP contribution in [-0.4, -0.2) is 47.8 Å². The number of aliphatic hydroxyl groups is 1. The molecule has 1 heterocycles. The van der Waals surface area contributed by atoms with Gasteiger partial charge in [-0.3, -0.25) is 4.79 Å². The number of carbonyl (C=O) groups excluding carboxylic acids is 1. The Morgan fingerprint density at radius 1 is 1.45 bits per heavy atom. The Kier molecular flexibility index (Phi) is 4.64. The molecule has 2 fully saturated rings. The standard InChI is InChI=1S/C16H19Cl2NO3/c1-9-8-22-11(7-20)6-19(9)16(21)14-5-13(14)12-3-2-10(17)4-15(12)18/h2-4,9,11,13-14,20H,5-8H2,1H3. The highest BCUT2D eigenvalue weighted by atomic mass is 35.5. The lowest BCUT2D eigenvalue weighted by Gasteiger charge is -2.37. The van der Waals surface area contributed by atoms with Gasteiger partial charge in [-0.15, -0.1) is 0 Å². The Morgan fingerprint density at radius 2 is 2.23 bits per heavy atom. The zero-order valence-electron chi connectivity index (χ0n) is 12.3. The Bertz CT molecular complexity index is 581. The summed E-state index contributed by atoms with van der Waals surface area (Å²) in [5.41, 5.74) is 0.990. The van der Waals surface area contributed by atoms with Crippen molar-refractivity contribution in [2.45, 2.75) is 31.4 Å². The topological polar surface area (TPSA) is 49.8 Å². The Balaban J connectivity index is 1.69. The van der Waals surface area contributed by atoms with E-state index < -0.39 is 0 Å². The van der Waals surface area contributed by atoms with E-state index in [-0.39, 0.29) is 36.5 Å². The van der Waals surface area contributed by atoms with Crippen LogP contribution in [0.3, 0.4) is 0 Å². The van der Waals surface area contributed by atoms with Crippen LogP contribution < -0.4 is 0 Å². The lowest BCUT2D eigenvalue weighted by molar-refractivity contribution is -0.147. The molecule has 2 aliphatic rings. The first-order valence-corrected chi connectivity index (χ1v) is 8.24. The average Bonchev–Trinajstić information content (AvgIpc) is 3.27. The van der Waals surface area contributed by atoms with Crippen LogP contribution in [0, 0.1) is 5.92 Å². The summed E-state index contributed by atoms with van der Waals surface area (Å²) in [5, 5.41) is 10.5. The van der Waals surface area contributed by atoms with Crippen molar-refractivity contribution in [1.29, 1.82) is 0 Å². The molecule has 6 heteroatoms. The second-order valence-electron chi connectivity index (χ2n) is 6.09. The van der Waals surface area contributed by atoms with Crippen LogP contribution in [0.15, 0.2) is 18.2 Å². The third-order valence-corrected chi connectivity index (χ3v) is 5.02. The number of amides is 1. The van der Waals surface area contributed by atoms with Crippen molar-refractivity contribution in [2.24, 2.45) is 5.92 Å². The largest absolute Gasteiger partial charge is 0.394 e. The molecule has 0 radical (unpaired) electrons. The SMILES string of the molecule is CC1COC(CO)CN1C(=O)C1CC1c1ccc(Cl)cc1Cl. The minimum atomic E-state index is -0.281. The molecule has 1 aliphatic carbocycles. The number of halogens is 2. The minimum Gasteiger partial charge on any atom is -0.394 e. The molecule has 1 saturated heterocycles. The van der Waals surface area contributed by atoms with E-state index in [2.05, 4.69) is 0 Å². The van der Waals surface area contributed by atoms with Crippen molar-refractivity contribution in [3.63, 3.8) is 0 Å². The molecule has 1 N–H and O–H groups in total. The fourth-order valence-electron chi connectivity index (χ4n) is 3.06. The number of carbonyl (C=O) groups is 1. The van der Waals surface area contributed by atoms with E-state index in [4.69, 9.17) is 27.9 Å². The zero-order chi connectivity index (χ0) is 15.9. The van der Waals surface area contributed by atoms with Crippen LogP contribution in [0.25, 0.3) is 0 Å². The molecular weight excluding hydrogens is 325 g/mol. The number of ether oxygens (including phenoxy) is 1. The maximum atomic E-state index is 12.7. The number of aliphatic hydroxyl groups excluding tert-OH is 1. The molecule has 4 unspecified atom stereocenters. The monoisotopic (exact) mass is 343 g/mol. The molecule has 0 bridgehead atoms. The first kappa shape index (κ1) is 16.1. The molecule has 0 spiro atoms. The number of rotatable bonds is 3. The van der Waals surface area contributed by atoms with E-state index in [0.29, 0.717) is 23.2 Å². The number of nitrogens with zero attached hydrogens (tertiary/aromatic N) is 1. The second-order valence-corrected chi connectivity index (χ2v) is 6.94. The summed E-state index contributed by atoms with van der Waals surface area (Å²) < 4.78 is 5.48. The summed E-state index contributed by atoms with van der Waals surface area (Å²) in [5.74, 6) is 0.267. The van der Waals surface area contributed by atoms with Gasteiger partial charge in [0.25, 0.3) is 0 Å². The highest BCUT2D eigenvalue weighted by Crippen LogP contribution is 2.51. The van der Waals surface area contributed by atoms with Gasteiger partial charge in [0.2, 0.25) is 5.91 Å². The van der Waals surface area contributed by atoms with Gasteiger partial charge < -0.3 is 14.7 Å². The van der Waals surface area contributed by atoms with Crippen LogP contribution >= 0.6 is 23.2 Å². The lowest BCUT2D eigenvalue weighted by Crippen LogP contribution is -2.52. The van der Waals surface area contributed by atoms with E-state index >= 15 is 0 Å². The predicted molar refractivity (Wildman–Crippen MR) is 85.3 cm³/mol. The highest BCUT2D eigenvalue weighted by Gasteiger charge is 2.48. The predicted octanol–water partition coefficient (Wildman–Crippen LogP) is 2.71. The molecule has 1 saturated carbocycles. The molecule has 1 amide bonds. The number of benzene rings is 1. The van der Waals surface area contributed by atoms with Crippen LogP contribution in [0.5, 0.6) is 0 Å². The third-order valence-electron chi connectivity index (χ3n) is 4.46. The Morgan fingerprint density at radius 3 is 2.91 bits per heavy atom. The number of hydrogen-bond donors (Lipinski definition) is 1. The van der Waals surface area contributed by atoms with E-state index in [1.54, 1.807) is 6.07 Å². The van der Waals surface area contributed by atoms with Gasteiger partial charge in [0, 0.05) is 22.5 Å². The summed E-state index contributed by atoms with van der Waals surface area (Å²) in [4.78, 5) is 14.5. The quantitative estimate of drug-likeness (QED) is 0.917. The van der Waals surface area contributed by atoms with Crippen molar-refractivity contribution < 1.29 is 14.6 Å². The maximum Gasteiger partial charge on any atom is 0.226 e. The smallest absolute Gasteiger partial charge is 0.226 e. The average molecular weight is 344 g/mol. The van der Waals surface area contributed by atoms with Gasteiger partial charge in [0.15, 0.2) is 0 Å². The van der Waals surface area contributed by atoms with Gasteiger partial charge in [-0.25, -0.2) is 0 Å². The third kappa shape index (κ3) is 3.11. The van der Waals surface area contributed by atoms with Gasteiger partial charge in [0.1, 0.15) is 0 Å². The molecular formula is C16H19Cl2NO3. The molecule has 120 valence electrons. The zero-order valence-corrected chi connectivity index (χ0v) is 13.8. The van der Waals surface area contributed by atoms with Crippen LogP contribution in [0.4, 0.5) is 0 Å². The molecule has 1 aliphatic heterocycles. The van der Waals surface area contributed by atoms with Gasteiger partial charge in [0.05, 0.1) is 25.4 Å². The van der Waals surface area contributed by atoms with Crippen molar-refractivity contribution in [3.05, 3.63) is 33.8 Å². The van der Waals surface area contributed by atoms with Gasteiger partial charge in [-0.1, -0.05) is 29.3 Å². The molecule has 4 atom stereocenters. The van der Waals surface area contributed by atoms with Gasteiger partial charge in [-0.2, -0.15) is 0 Å². The van der Waals surface area contributed by atoms with Gasteiger partial charge in [-0.05, 0) is 37.0 Å². The summed E-state index contributed by atoms with van der Waals surface area (Å²) >= 11 is 12.1. The molecule has 3 rings (SSSR count). The Hall–Kier alpha value is -0.810. The summed E-state index contributed by atoms with van der Waals surface area (Å²) in [7, 11) is 0. The fraction of sp³-hybridized carbons (Fsp3) is 0.562. The first-order valence-electron chi connectivity index (χ1n) is 7.49. The van der Waals surface area contributed by atoms with E-state index in [1.165, 1.54) is 0 Å². The summed E-state index contributed by atoms with van der Waals surface area (Å²) in [6.45, 7) is 2.83. The Labute approximate surface area is 140 Å². The maximum absolute atomic E-state index is 12.7. The van der Waals surface area contributed by atoms with Gasteiger partial charge >= 0.3 is 0 Å². The van der Waals surface area contributed by atoms with Crippen LogP contribution in [0.1, 0.15) is 24.8 Å².